The van der Waals surface area contributed by atoms with Crippen LogP contribution >= 0.6 is 0 Å². The second-order valence-electron chi connectivity index (χ2n) is 5.61. The van der Waals surface area contributed by atoms with E-state index in [2.05, 4.69) is 35.9 Å². The van der Waals surface area contributed by atoms with Crippen LogP contribution in [0.3, 0.4) is 0 Å². The average molecular weight is 285 g/mol. The van der Waals surface area contributed by atoms with Crippen molar-refractivity contribution in [3.8, 4) is 0 Å². The summed E-state index contributed by atoms with van der Waals surface area (Å²) in [5.74, 6) is 0.783. The molecule has 0 bridgehead atoms. The Labute approximate surface area is 125 Å². The summed E-state index contributed by atoms with van der Waals surface area (Å²) >= 11 is 0. The third-order valence-electron chi connectivity index (χ3n) is 3.40. The van der Waals surface area contributed by atoms with Gasteiger partial charge in [0.2, 0.25) is 0 Å². The summed E-state index contributed by atoms with van der Waals surface area (Å²) in [7, 11) is 4.11. The van der Waals surface area contributed by atoms with Gasteiger partial charge in [-0.15, -0.1) is 0 Å². The molecule has 112 valence electrons. The first-order valence-corrected chi connectivity index (χ1v) is 7.20. The third-order valence-corrected chi connectivity index (χ3v) is 3.40. The largest absolute Gasteiger partial charge is 0.371 e. The molecule has 0 saturated carbocycles. The number of nitrogens with one attached hydrogen (secondary N) is 2. The van der Waals surface area contributed by atoms with E-state index in [9.17, 15) is 4.79 Å². The Hall–Kier alpha value is -2.07. The van der Waals surface area contributed by atoms with Gasteiger partial charge in [0.25, 0.3) is 0 Å². The zero-order valence-electron chi connectivity index (χ0n) is 13.0. The molecule has 21 heavy (non-hydrogen) atoms. The molecule has 1 heterocycles. The number of hydrogen-bond donors (Lipinski definition) is 2. The number of anilines is 1. The average Bonchev–Trinajstić information content (AvgIpc) is 2.80. The van der Waals surface area contributed by atoms with Crippen LogP contribution in [0.2, 0.25) is 0 Å². The summed E-state index contributed by atoms with van der Waals surface area (Å²) in [4.78, 5) is 17.9. The smallest absolute Gasteiger partial charge is 0.192 e. The highest BCUT2D eigenvalue weighted by Gasteiger charge is 2.18. The van der Waals surface area contributed by atoms with Gasteiger partial charge in [0.1, 0.15) is 5.82 Å². The first-order valence-electron chi connectivity index (χ1n) is 7.20. The highest BCUT2D eigenvalue weighted by atomic mass is 16.1. The number of benzene rings is 1. The zero-order valence-corrected chi connectivity index (χ0v) is 13.0. The van der Waals surface area contributed by atoms with Gasteiger partial charge in [-0.3, -0.25) is 4.79 Å². The Morgan fingerprint density at radius 3 is 2.71 bits per heavy atom. The fourth-order valence-electron chi connectivity index (χ4n) is 2.33. The first-order chi connectivity index (χ1) is 10.0. The molecule has 0 spiro atoms. The van der Waals surface area contributed by atoms with Crippen molar-refractivity contribution in [2.45, 2.75) is 13.3 Å². The fourth-order valence-corrected chi connectivity index (χ4v) is 2.33. The lowest BCUT2D eigenvalue weighted by atomic mass is 10.0. The summed E-state index contributed by atoms with van der Waals surface area (Å²) in [6.07, 6.45) is 1.02. The van der Waals surface area contributed by atoms with Crippen molar-refractivity contribution in [3.05, 3.63) is 42.0 Å². The number of carbonyl (C=O) groups is 1. The lowest BCUT2D eigenvalue weighted by Gasteiger charge is -2.11. The number of ketones is 1. The maximum Gasteiger partial charge on any atom is 0.192 e. The quantitative estimate of drug-likeness (QED) is 0.466. The van der Waals surface area contributed by atoms with Crippen LogP contribution in [0.4, 0.5) is 5.82 Å². The zero-order chi connectivity index (χ0) is 15.4. The number of H-pyrrole nitrogens is 1. The second kappa shape index (κ2) is 6.59. The monoisotopic (exact) mass is 285 g/mol. The molecule has 2 aromatic rings. The van der Waals surface area contributed by atoms with E-state index in [1.807, 2.05) is 24.3 Å². The molecule has 2 N–H and O–H groups in total. The number of allylic oxidation sites excluding steroid dienone is 1. The first kappa shape index (κ1) is 15.3. The predicted octanol–water partition coefficient (Wildman–Crippen LogP) is 3.29. The molecule has 2 rings (SSSR count). The van der Waals surface area contributed by atoms with Gasteiger partial charge in [0, 0.05) is 17.4 Å². The molecule has 0 aliphatic carbocycles. The molecule has 0 fully saturated rings. The Morgan fingerprint density at radius 1 is 1.33 bits per heavy atom. The summed E-state index contributed by atoms with van der Waals surface area (Å²) < 4.78 is 0. The Kier molecular flexibility index (Phi) is 4.81. The van der Waals surface area contributed by atoms with Crippen molar-refractivity contribution >= 4 is 22.5 Å². The van der Waals surface area contributed by atoms with E-state index >= 15 is 0 Å². The SMILES string of the molecule is C=C(C)C(=O)c1c(NCCCN(C)C)[nH]c2ccccc12. The molecule has 0 atom stereocenters. The van der Waals surface area contributed by atoms with Crippen molar-refractivity contribution in [2.75, 3.05) is 32.5 Å². The maximum absolute atomic E-state index is 12.4. The van der Waals surface area contributed by atoms with E-state index in [1.54, 1.807) is 6.92 Å². The van der Waals surface area contributed by atoms with Crippen LogP contribution in [0.1, 0.15) is 23.7 Å². The number of rotatable bonds is 7. The van der Waals surface area contributed by atoms with E-state index in [0.29, 0.717) is 11.1 Å². The van der Waals surface area contributed by atoms with Gasteiger partial charge in [-0.25, -0.2) is 0 Å². The minimum Gasteiger partial charge on any atom is -0.371 e. The van der Waals surface area contributed by atoms with Crippen LogP contribution in [0, 0.1) is 0 Å². The molecular weight excluding hydrogens is 262 g/mol. The number of aromatic nitrogens is 1. The van der Waals surface area contributed by atoms with E-state index in [1.165, 1.54) is 0 Å². The molecule has 0 amide bonds. The van der Waals surface area contributed by atoms with Gasteiger partial charge in [0.05, 0.1) is 5.56 Å². The minimum absolute atomic E-state index is 0.0115. The van der Waals surface area contributed by atoms with Crippen LogP contribution < -0.4 is 5.32 Å². The summed E-state index contributed by atoms with van der Waals surface area (Å²) in [5, 5.41) is 4.29. The van der Waals surface area contributed by atoms with Gasteiger partial charge in [-0.1, -0.05) is 24.8 Å². The van der Waals surface area contributed by atoms with Crippen molar-refractivity contribution in [1.82, 2.24) is 9.88 Å². The van der Waals surface area contributed by atoms with E-state index in [-0.39, 0.29) is 5.78 Å². The maximum atomic E-state index is 12.4. The molecule has 4 nitrogen and oxygen atoms in total. The topological polar surface area (TPSA) is 48.1 Å². The van der Waals surface area contributed by atoms with Crippen LogP contribution in [-0.2, 0) is 0 Å². The van der Waals surface area contributed by atoms with E-state index in [4.69, 9.17) is 0 Å². The predicted molar refractivity (Wildman–Crippen MR) is 89.1 cm³/mol. The fraction of sp³-hybridized carbons (Fsp3) is 0.353. The number of Topliss-reactive ketones (excluding diaryl/α,β-unsaturated/α-hetero) is 1. The number of fused-ring (bicyclic) bond motifs is 1. The molecule has 0 aliphatic rings. The lowest BCUT2D eigenvalue weighted by Crippen LogP contribution is -2.17. The van der Waals surface area contributed by atoms with Gasteiger partial charge in [-0.05, 0) is 45.6 Å². The molecular formula is C17H23N3O. The lowest BCUT2D eigenvalue weighted by molar-refractivity contribution is 0.103. The second-order valence-corrected chi connectivity index (χ2v) is 5.61. The molecule has 1 aromatic heterocycles. The van der Waals surface area contributed by atoms with Gasteiger partial charge in [-0.2, -0.15) is 0 Å². The van der Waals surface area contributed by atoms with Crippen molar-refractivity contribution in [2.24, 2.45) is 0 Å². The molecule has 0 radical (unpaired) electrons. The van der Waals surface area contributed by atoms with E-state index < -0.39 is 0 Å². The molecule has 0 unspecified atom stereocenters. The Balaban J connectivity index is 2.27. The molecule has 1 aromatic carbocycles. The molecule has 4 heteroatoms. The summed E-state index contributed by atoms with van der Waals surface area (Å²) in [5.41, 5.74) is 2.22. The van der Waals surface area contributed by atoms with Crippen LogP contribution in [0.5, 0.6) is 0 Å². The van der Waals surface area contributed by atoms with Crippen molar-refractivity contribution in [3.63, 3.8) is 0 Å². The normalized spacial score (nSPS) is 11.0. The number of para-hydroxylation sites is 1. The van der Waals surface area contributed by atoms with Gasteiger partial charge >= 0.3 is 0 Å². The molecule has 0 aliphatic heterocycles. The standard InChI is InChI=1S/C17H23N3O/c1-12(2)16(21)15-13-8-5-6-9-14(13)19-17(15)18-10-7-11-20(3)4/h5-6,8-9,18-19H,1,7,10-11H2,2-4H3. The number of aromatic amines is 1. The Bertz CT molecular complexity index is 655. The van der Waals surface area contributed by atoms with Crippen LogP contribution in [0.25, 0.3) is 10.9 Å². The number of hydrogen-bond acceptors (Lipinski definition) is 3. The van der Waals surface area contributed by atoms with E-state index in [0.717, 1.165) is 36.2 Å². The van der Waals surface area contributed by atoms with Crippen LogP contribution in [0.15, 0.2) is 36.4 Å². The van der Waals surface area contributed by atoms with Crippen molar-refractivity contribution < 1.29 is 4.79 Å². The summed E-state index contributed by atoms with van der Waals surface area (Å²) in [6, 6.07) is 7.85. The van der Waals surface area contributed by atoms with Gasteiger partial charge < -0.3 is 15.2 Å². The van der Waals surface area contributed by atoms with Crippen LogP contribution in [-0.4, -0.2) is 42.9 Å². The number of carbonyl (C=O) groups excluding carboxylic acids is 1. The Morgan fingerprint density at radius 2 is 2.05 bits per heavy atom. The van der Waals surface area contributed by atoms with Crippen molar-refractivity contribution in [1.29, 1.82) is 0 Å². The minimum atomic E-state index is -0.0115. The highest BCUT2D eigenvalue weighted by molar-refractivity contribution is 6.19. The molecule has 0 saturated heterocycles. The third kappa shape index (κ3) is 3.52. The highest BCUT2D eigenvalue weighted by Crippen LogP contribution is 2.28. The number of nitrogens with zero attached hydrogens (tertiary/aromatic N) is 1. The van der Waals surface area contributed by atoms with Gasteiger partial charge in [0.15, 0.2) is 5.78 Å². The summed E-state index contributed by atoms with van der Waals surface area (Å²) in [6.45, 7) is 7.36.